The van der Waals surface area contributed by atoms with Crippen molar-refractivity contribution in [1.29, 1.82) is 5.26 Å². The number of hydrogen-bond acceptors (Lipinski definition) is 3. The maximum absolute atomic E-state index is 9.71. The molecule has 0 unspecified atom stereocenters. The van der Waals surface area contributed by atoms with Crippen LogP contribution in [0, 0.1) is 11.3 Å². The van der Waals surface area contributed by atoms with E-state index >= 15 is 0 Å². The Hall–Kier alpha value is -1.53. The van der Waals surface area contributed by atoms with E-state index in [9.17, 15) is 5.11 Å². The highest BCUT2D eigenvalue weighted by molar-refractivity contribution is 5.59. The zero-order chi connectivity index (χ0) is 11.7. The molecule has 0 aliphatic heterocycles. The molecule has 0 radical (unpaired) electrons. The van der Waals surface area contributed by atoms with Crippen molar-refractivity contribution in [1.82, 2.24) is 0 Å². The molecule has 16 heavy (non-hydrogen) atoms. The van der Waals surface area contributed by atoms with Crippen LogP contribution in [0.15, 0.2) is 18.2 Å². The van der Waals surface area contributed by atoms with Crippen LogP contribution in [0.2, 0.25) is 0 Å². The van der Waals surface area contributed by atoms with Crippen LogP contribution in [0.4, 0.5) is 5.69 Å². The van der Waals surface area contributed by atoms with Gasteiger partial charge in [-0.15, -0.1) is 0 Å². The molecule has 1 aromatic rings. The van der Waals surface area contributed by atoms with Crippen LogP contribution in [0.1, 0.15) is 37.0 Å². The summed E-state index contributed by atoms with van der Waals surface area (Å²) in [6, 6.07) is 8.18. The van der Waals surface area contributed by atoms with Crippen LogP contribution in [0.25, 0.3) is 0 Å². The molecule has 0 spiro atoms. The van der Waals surface area contributed by atoms with Gasteiger partial charge in [0.05, 0.1) is 17.7 Å². The van der Waals surface area contributed by atoms with E-state index in [0.29, 0.717) is 11.6 Å². The predicted octanol–water partition coefficient (Wildman–Crippen LogP) is 2.21. The summed E-state index contributed by atoms with van der Waals surface area (Å²) in [7, 11) is 2.03. The SMILES string of the molecule is C[C@@H](O)c1ccc(C#N)cc1N(C)C1CC1. The highest BCUT2D eigenvalue weighted by Crippen LogP contribution is 2.34. The lowest BCUT2D eigenvalue weighted by Gasteiger charge is -2.23. The van der Waals surface area contributed by atoms with Gasteiger partial charge in [-0.3, -0.25) is 0 Å². The van der Waals surface area contributed by atoms with Crippen molar-refractivity contribution >= 4 is 5.69 Å². The smallest absolute Gasteiger partial charge is 0.0992 e. The number of aliphatic hydroxyl groups is 1. The van der Waals surface area contributed by atoms with Crippen LogP contribution in [-0.4, -0.2) is 18.2 Å². The molecule has 84 valence electrons. The number of nitrogens with zero attached hydrogens (tertiary/aromatic N) is 2. The zero-order valence-electron chi connectivity index (χ0n) is 9.64. The number of anilines is 1. The molecule has 1 aliphatic carbocycles. The summed E-state index contributed by atoms with van der Waals surface area (Å²) in [5.74, 6) is 0. The van der Waals surface area contributed by atoms with Gasteiger partial charge in [-0.2, -0.15) is 5.26 Å². The number of nitriles is 1. The fourth-order valence-electron chi connectivity index (χ4n) is 1.93. The Bertz CT molecular complexity index is 430. The lowest BCUT2D eigenvalue weighted by Crippen LogP contribution is -2.21. The van der Waals surface area contributed by atoms with Crippen LogP contribution in [0.5, 0.6) is 0 Å². The average Bonchev–Trinajstić information content (AvgIpc) is 3.11. The van der Waals surface area contributed by atoms with E-state index < -0.39 is 6.10 Å². The van der Waals surface area contributed by atoms with Crippen LogP contribution < -0.4 is 4.90 Å². The molecule has 1 atom stereocenters. The third-order valence-electron chi connectivity index (χ3n) is 3.08. The first kappa shape index (κ1) is 11.0. The lowest BCUT2D eigenvalue weighted by molar-refractivity contribution is 0.199. The number of rotatable bonds is 3. The van der Waals surface area contributed by atoms with E-state index in [0.717, 1.165) is 11.3 Å². The molecule has 3 nitrogen and oxygen atoms in total. The molecule has 1 saturated carbocycles. The van der Waals surface area contributed by atoms with E-state index in [1.807, 2.05) is 19.2 Å². The van der Waals surface area contributed by atoms with Crippen molar-refractivity contribution in [2.45, 2.75) is 31.9 Å². The number of aliphatic hydroxyl groups excluding tert-OH is 1. The van der Waals surface area contributed by atoms with Crippen molar-refractivity contribution in [3.63, 3.8) is 0 Å². The monoisotopic (exact) mass is 216 g/mol. The second-order valence-corrected chi connectivity index (χ2v) is 4.40. The second-order valence-electron chi connectivity index (χ2n) is 4.40. The normalized spacial score (nSPS) is 16.6. The summed E-state index contributed by atoms with van der Waals surface area (Å²) in [5.41, 5.74) is 2.52. The molecule has 2 rings (SSSR count). The summed E-state index contributed by atoms with van der Waals surface area (Å²) in [6.07, 6.45) is 1.91. The van der Waals surface area contributed by atoms with E-state index in [2.05, 4.69) is 11.0 Å². The van der Waals surface area contributed by atoms with E-state index in [-0.39, 0.29) is 0 Å². The minimum absolute atomic E-state index is 0.496. The minimum Gasteiger partial charge on any atom is -0.389 e. The maximum atomic E-state index is 9.71. The van der Waals surface area contributed by atoms with Crippen molar-refractivity contribution in [2.75, 3.05) is 11.9 Å². The molecule has 0 bridgehead atoms. The third kappa shape index (κ3) is 2.02. The van der Waals surface area contributed by atoms with Gasteiger partial charge >= 0.3 is 0 Å². The first-order valence-corrected chi connectivity index (χ1v) is 5.58. The van der Waals surface area contributed by atoms with Crippen LogP contribution >= 0.6 is 0 Å². The van der Waals surface area contributed by atoms with Crippen LogP contribution in [0.3, 0.4) is 0 Å². The number of hydrogen-bond donors (Lipinski definition) is 1. The van der Waals surface area contributed by atoms with Gasteiger partial charge < -0.3 is 10.0 Å². The molecular weight excluding hydrogens is 200 g/mol. The molecule has 0 amide bonds. The fourth-order valence-corrected chi connectivity index (χ4v) is 1.93. The van der Waals surface area contributed by atoms with E-state index in [1.54, 1.807) is 13.0 Å². The fraction of sp³-hybridized carbons (Fsp3) is 0.462. The molecule has 3 heteroatoms. The Morgan fingerprint density at radius 3 is 2.69 bits per heavy atom. The standard InChI is InChI=1S/C13H16N2O/c1-9(16)12-6-3-10(8-14)7-13(12)15(2)11-4-5-11/h3,6-7,9,11,16H,4-5H2,1-2H3/t9-/m1/s1. The molecule has 0 aromatic heterocycles. The first-order valence-electron chi connectivity index (χ1n) is 5.58. The van der Waals surface area contributed by atoms with Gasteiger partial charge in [0.2, 0.25) is 0 Å². The van der Waals surface area contributed by atoms with Gasteiger partial charge in [0.25, 0.3) is 0 Å². The highest BCUT2D eigenvalue weighted by atomic mass is 16.3. The summed E-state index contributed by atoms with van der Waals surface area (Å²) in [4.78, 5) is 2.17. The molecule has 0 saturated heterocycles. The minimum atomic E-state index is -0.496. The van der Waals surface area contributed by atoms with Gasteiger partial charge in [-0.25, -0.2) is 0 Å². The van der Waals surface area contributed by atoms with Gasteiger partial charge in [0.1, 0.15) is 0 Å². The molecule has 1 N–H and O–H groups in total. The molecule has 1 aliphatic rings. The van der Waals surface area contributed by atoms with Crippen LogP contribution in [-0.2, 0) is 0 Å². The second kappa shape index (κ2) is 4.15. The first-order chi connectivity index (χ1) is 7.63. The Morgan fingerprint density at radius 1 is 1.50 bits per heavy atom. The summed E-state index contributed by atoms with van der Waals surface area (Å²) < 4.78 is 0. The van der Waals surface area contributed by atoms with Gasteiger partial charge in [0.15, 0.2) is 0 Å². The molecule has 0 heterocycles. The zero-order valence-corrected chi connectivity index (χ0v) is 9.64. The maximum Gasteiger partial charge on any atom is 0.0992 e. The molecule has 1 aromatic carbocycles. The summed E-state index contributed by atoms with van der Waals surface area (Å²) >= 11 is 0. The average molecular weight is 216 g/mol. The van der Waals surface area contributed by atoms with Gasteiger partial charge in [-0.1, -0.05) is 6.07 Å². The number of benzene rings is 1. The largest absolute Gasteiger partial charge is 0.389 e. The quantitative estimate of drug-likeness (QED) is 0.842. The third-order valence-corrected chi connectivity index (χ3v) is 3.08. The van der Waals surface area contributed by atoms with E-state index in [1.165, 1.54) is 12.8 Å². The lowest BCUT2D eigenvalue weighted by atomic mass is 10.0. The van der Waals surface area contributed by atoms with Crippen molar-refractivity contribution in [2.24, 2.45) is 0 Å². The van der Waals surface area contributed by atoms with Crippen molar-refractivity contribution in [3.8, 4) is 6.07 Å². The predicted molar refractivity (Wildman–Crippen MR) is 63.2 cm³/mol. The molecular formula is C13H16N2O. The van der Waals surface area contributed by atoms with E-state index in [4.69, 9.17) is 5.26 Å². The molecule has 1 fully saturated rings. The summed E-state index contributed by atoms with van der Waals surface area (Å²) in [6.45, 7) is 1.76. The Kier molecular flexibility index (Phi) is 2.84. The Labute approximate surface area is 95.9 Å². The highest BCUT2D eigenvalue weighted by Gasteiger charge is 2.28. The Morgan fingerprint density at radius 2 is 2.19 bits per heavy atom. The summed E-state index contributed by atoms with van der Waals surface area (Å²) in [5, 5.41) is 18.6. The Balaban J connectivity index is 2.41. The van der Waals surface area contributed by atoms with Crippen molar-refractivity contribution in [3.05, 3.63) is 29.3 Å². The topological polar surface area (TPSA) is 47.3 Å². The van der Waals surface area contributed by atoms with Gasteiger partial charge in [-0.05, 0) is 31.9 Å². The van der Waals surface area contributed by atoms with Gasteiger partial charge in [0, 0.05) is 24.3 Å². The van der Waals surface area contributed by atoms with Crippen molar-refractivity contribution < 1.29 is 5.11 Å².